The van der Waals surface area contributed by atoms with Crippen LogP contribution in [0.2, 0.25) is 0 Å². The second-order valence-corrected chi connectivity index (χ2v) is 2.16. The molecule has 1 saturated carbocycles. The zero-order valence-electron chi connectivity index (χ0n) is 4.09. The summed E-state index contributed by atoms with van der Waals surface area (Å²) < 4.78 is 0. The van der Waals surface area contributed by atoms with Crippen molar-refractivity contribution >= 4 is 0 Å². The molecule has 0 amide bonds. The number of hydrogen-bond donors (Lipinski definition) is 3. The fraction of sp³-hybridized carbons (Fsp3) is 1.00. The molecule has 0 saturated heterocycles. The topological polar surface area (TPSA) is 72.3 Å². The minimum atomic E-state index is -0.417. The summed E-state index contributed by atoms with van der Waals surface area (Å²) in [5, 5.41) is 8.68. The van der Waals surface area contributed by atoms with Crippen LogP contribution in [0.1, 0.15) is 6.42 Å². The lowest BCUT2D eigenvalue weighted by molar-refractivity contribution is 0.250. The molecule has 0 aromatic heterocycles. The van der Waals surface area contributed by atoms with Crippen LogP contribution < -0.4 is 11.5 Å². The van der Waals surface area contributed by atoms with Crippen molar-refractivity contribution in [1.82, 2.24) is 0 Å². The smallest absolute Gasteiger partial charge is 0.0752 e. The van der Waals surface area contributed by atoms with Gasteiger partial charge in [0.15, 0.2) is 0 Å². The monoisotopic (exact) mass is 102 g/mol. The Morgan fingerprint density at radius 3 is 2.29 bits per heavy atom. The van der Waals surface area contributed by atoms with Gasteiger partial charge in [-0.3, -0.25) is 0 Å². The fourth-order valence-electron chi connectivity index (χ4n) is 0.520. The van der Waals surface area contributed by atoms with E-state index in [2.05, 4.69) is 0 Å². The highest BCUT2D eigenvalue weighted by atomic mass is 16.3. The van der Waals surface area contributed by atoms with Crippen LogP contribution in [0, 0.1) is 0 Å². The van der Waals surface area contributed by atoms with Crippen LogP contribution in [0.3, 0.4) is 0 Å². The van der Waals surface area contributed by atoms with Gasteiger partial charge in [-0.1, -0.05) is 0 Å². The van der Waals surface area contributed by atoms with Gasteiger partial charge < -0.3 is 16.6 Å². The van der Waals surface area contributed by atoms with Crippen molar-refractivity contribution in [2.45, 2.75) is 18.1 Å². The zero-order chi connectivity index (χ0) is 5.49. The van der Waals surface area contributed by atoms with Gasteiger partial charge >= 0.3 is 0 Å². The van der Waals surface area contributed by atoms with Gasteiger partial charge in [-0.2, -0.15) is 0 Å². The molecule has 0 aliphatic heterocycles. The lowest BCUT2D eigenvalue weighted by Gasteiger charge is -2.00. The molecule has 1 aliphatic carbocycles. The van der Waals surface area contributed by atoms with Gasteiger partial charge in [0.2, 0.25) is 0 Å². The minimum Gasteiger partial charge on any atom is -0.391 e. The highest BCUT2D eigenvalue weighted by Crippen LogP contribution is 2.30. The molecule has 0 radical (unpaired) electrons. The molecule has 0 bridgehead atoms. The molecule has 1 rings (SSSR count). The summed E-state index contributed by atoms with van der Waals surface area (Å²) in [6.07, 6.45) is 0.334. The molecular weight excluding hydrogens is 92.1 g/mol. The lowest BCUT2D eigenvalue weighted by Crippen LogP contribution is -2.35. The van der Waals surface area contributed by atoms with Crippen molar-refractivity contribution in [1.29, 1.82) is 0 Å². The molecule has 42 valence electrons. The van der Waals surface area contributed by atoms with E-state index in [1.54, 1.807) is 0 Å². The van der Waals surface area contributed by atoms with E-state index in [1.807, 2.05) is 0 Å². The summed E-state index contributed by atoms with van der Waals surface area (Å²) in [5.41, 5.74) is 10.2. The predicted molar refractivity (Wildman–Crippen MR) is 26.6 cm³/mol. The molecule has 3 heteroatoms. The predicted octanol–water partition coefficient (Wildman–Crippen LogP) is -1.59. The Morgan fingerprint density at radius 1 is 1.86 bits per heavy atom. The first-order chi connectivity index (χ1) is 3.19. The van der Waals surface area contributed by atoms with Crippen LogP contribution in [0.15, 0.2) is 0 Å². The Kier molecular flexibility index (Phi) is 0.849. The average molecular weight is 102 g/mol. The maximum atomic E-state index is 8.68. The molecular formula is C4H10N2O. The molecule has 1 aliphatic rings. The Balaban J connectivity index is 2.36. The van der Waals surface area contributed by atoms with Crippen LogP contribution in [0.5, 0.6) is 0 Å². The van der Waals surface area contributed by atoms with Crippen molar-refractivity contribution in [3.8, 4) is 0 Å². The maximum absolute atomic E-state index is 8.68. The Labute approximate surface area is 42.3 Å². The largest absolute Gasteiger partial charge is 0.391 e. The van der Waals surface area contributed by atoms with Gasteiger partial charge in [-0.25, -0.2) is 0 Å². The SMILES string of the molecule is NCC1(N)CC1O. The Morgan fingerprint density at radius 2 is 2.29 bits per heavy atom. The summed E-state index contributed by atoms with van der Waals surface area (Å²) in [6.45, 7) is 0.397. The molecule has 5 N–H and O–H groups in total. The molecule has 0 spiro atoms. The fourth-order valence-corrected chi connectivity index (χ4v) is 0.520. The van der Waals surface area contributed by atoms with E-state index in [0.717, 1.165) is 0 Å². The summed E-state index contributed by atoms with van der Waals surface area (Å²) in [5.74, 6) is 0. The normalized spacial score (nSPS) is 49.3. The first-order valence-electron chi connectivity index (χ1n) is 2.36. The Hall–Kier alpha value is -0.120. The van der Waals surface area contributed by atoms with Crippen molar-refractivity contribution in [2.75, 3.05) is 6.54 Å². The van der Waals surface area contributed by atoms with E-state index in [9.17, 15) is 0 Å². The van der Waals surface area contributed by atoms with E-state index >= 15 is 0 Å². The number of aliphatic hydroxyl groups is 1. The standard InChI is InChI=1S/C4H10N2O/c5-2-4(6)1-3(4)7/h3,7H,1-2,5-6H2. The van der Waals surface area contributed by atoms with Gasteiger partial charge in [-0.05, 0) is 6.42 Å². The van der Waals surface area contributed by atoms with Crippen LogP contribution in [-0.4, -0.2) is 23.3 Å². The van der Waals surface area contributed by atoms with Crippen LogP contribution in [0.4, 0.5) is 0 Å². The molecule has 1 fully saturated rings. The zero-order valence-corrected chi connectivity index (χ0v) is 4.09. The van der Waals surface area contributed by atoms with E-state index < -0.39 is 5.54 Å². The number of rotatable bonds is 1. The quantitative estimate of drug-likeness (QED) is 0.373. The number of nitrogens with two attached hydrogens (primary N) is 2. The number of hydrogen-bond acceptors (Lipinski definition) is 3. The van der Waals surface area contributed by atoms with Crippen molar-refractivity contribution < 1.29 is 5.11 Å². The summed E-state index contributed by atoms with van der Waals surface area (Å²) in [7, 11) is 0. The molecule has 0 aromatic rings. The van der Waals surface area contributed by atoms with Gasteiger partial charge in [0, 0.05) is 6.54 Å². The third-order valence-electron chi connectivity index (χ3n) is 1.46. The van der Waals surface area contributed by atoms with Gasteiger partial charge in [-0.15, -0.1) is 0 Å². The van der Waals surface area contributed by atoms with Crippen LogP contribution in [0.25, 0.3) is 0 Å². The van der Waals surface area contributed by atoms with E-state index in [1.165, 1.54) is 0 Å². The molecule has 2 unspecified atom stereocenters. The van der Waals surface area contributed by atoms with E-state index in [4.69, 9.17) is 16.6 Å². The third kappa shape index (κ3) is 0.627. The second kappa shape index (κ2) is 1.18. The van der Waals surface area contributed by atoms with E-state index in [-0.39, 0.29) is 6.10 Å². The second-order valence-electron chi connectivity index (χ2n) is 2.16. The Bertz CT molecular complexity index is 81.8. The van der Waals surface area contributed by atoms with Gasteiger partial charge in [0.1, 0.15) is 0 Å². The molecule has 2 atom stereocenters. The van der Waals surface area contributed by atoms with Gasteiger partial charge in [0.05, 0.1) is 11.6 Å². The first kappa shape index (κ1) is 5.03. The highest BCUT2D eigenvalue weighted by Gasteiger charge is 2.48. The van der Waals surface area contributed by atoms with Gasteiger partial charge in [0.25, 0.3) is 0 Å². The maximum Gasteiger partial charge on any atom is 0.0752 e. The number of aliphatic hydroxyl groups excluding tert-OH is 1. The van der Waals surface area contributed by atoms with Crippen molar-refractivity contribution in [3.63, 3.8) is 0 Å². The summed E-state index contributed by atoms with van der Waals surface area (Å²) in [4.78, 5) is 0. The first-order valence-corrected chi connectivity index (χ1v) is 2.36. The molecule has 7 heavy (non-hydrogen) atoms. The average Bonchev–Trinajstić information content (AvgIpc) is 2.18. The minimum absolute atomic E-state index is 0.336. The third-order valence-corrected chi connectivity index (χ3v) is 1.46. The van der Waals surface area contributed by atoms with Crippen LogP contribution in [-0.2, 0) is 0 Å². The molecule has 3 nitrogen and oxygen atoms in total. The highest BCUT2D eigenvalue weighted by molar-refractivity contribution is 5.09. The molecule has 0 aromatic carbocycles. The lowest BCUT2D eigenvalue weighted by atomic mass is 10.3. The van der Waals surface area contributed by atoms with E-state index in [0.29, 0.717) is 13.0 Å². The van der Waals surface area contributed by atoms with Crippen molar-refractivity contribution in [2.24, 2.45) is 11.5 Å². The van der Waals surface area contributed by atoms with Crippen LogP contribution >= 0.6 is 0 Å². The summed E-state index contributed by atoms with van der Waals surface area (Å²) >= 11 is 0. The summed E-state index contributed by atoms with van der Waals surface area (Å²) in [6, 6.07) is 0. The van der Waals surface area contributed by atoms with Crippen molar-refractivity contribution in [3.05, 3.63) is 0 Å². The molecule has 0 heterocycles.